The Kier molecular flexibility index (Phi) is 8.82. The topological polar surface area (TPSA) is 52.6 Å². The van der Waals surface area contributed by atoms with E-state index in [0.29, 0.717) is 35.5 Å². The molecule has 0 heterocycles. The average Bonchev–Trinajstić information content (AvgIpc) is 2.61. The van der Waals surface area contributed by atoms with Gasteiger partial charge in [0.25, 0.3) is 0 Å². The first kappa shape index (κ1) is 23.2. The number of rotatable bonds is 7. The maximum absolute atomic E-state index is 12.4. The number of carbonyl (C=O) groups excluding carboxylic acids is 2. The van der Waals surface area contributed by atoms with E-state index in [0.717, 1.165) is 25.7 Å². The highest BCUT2D eigenvalue weighted by Gasteiger charge is 2.34. The molecule has 4 heteroatoms. The first-order chi connectivity index (χ1) is 13.2. The number of esters is 2. The Morgan fingerprint density at radius 3 is 1.96 bits per heavy atom. The number of hydrogen-bond donors (Lipinski definition) is 0. The van der Waals surface area contributed by atoms with Crippen LogP contribution in [0, 0.1) is 35.5 Å². The summed E-state index contributed by atoms with van der Waals surface area (Å²) in [5.74, 6) is 2.69. The highest BCUT2D eigenvalue weighted by molar-refractivity contribution is 5.77. The highest BCUT2D eigenvalue weighted by atomic mass is 16.6. The van der Waals surface area contributed by atoms with Gasteiger partial charge in [-0.15, -0.1) is 0 Å². The van der Waals surface area contributed by atoms with Crippen molar-refractivity contribution >= 4 is 11.9 Å². The monoisotopic (exact) mass is 394 g/mol. The summed E-state index contributed by atoms with van der Waals surface area (Å²) in [5, 5.41) is 0. The zero-order valence-corrected chi connectivity index (χ0v) is 18.9. The maximum Gasteiger partial charge on any atom is 0.306 e. The van der Waals surface area contributed by atoms with E-state index in [1.807, 2.05) is 0 Å². The smallest absolute Gasteiger partial charge is 0.306 e. The van der Waals surface area contributed by atoms with Crippen molar-refractivity contribution in [2.24, 2.45) is 35.5 Å². The van der Waals surface area contributed by atoms with Gasteiger partial charge in [0.05, 0.1) is 12.8 Å². The molecule has 0 aliphatic heterocycles. The fourth-order valence-corrected chi connectivity index (χ4v) is 4.99. The Morgan fingerprint density at radius 1 is 0.786 bits per heavy atom. The molecule has 0 N–H and O–H groups in total. The lowest BCUT2D eigenvalue weighted by molar-refractivity contribution is -0.162. The van der Waals surface area contributed by atoms with E-state index in [-0.39, 0.29) is 37.0 Å². The minimum atomic E-state index is -0.254. The molecule has 0 spiro atoms. The van der Waals surface area contributed by atoms with Crippen LogP contribution >= 0.6 is 0 Å². The molecule has 0 aromatic heterocycles. The van der Waals surface area contributed by atoms with E-state index in [1.54, 1.807) is 0 Å². The van der Waals surface area contributed by atoms with Gasteiger partial charge in [-0.25, -0.2) is 0 Å². The lowest BCUT2D eigenvalue weighted by Crippen LogP contribution is -2.36. The Hall–Kier alpha value is -1.06. The van der Waals surface area contributed by atoms with Gasteiger partial charge in [0.1, 0.15) is 12.2 Å². The van der Waals surface area contributed by atoms with E-state index in [9.17, 15) is 9.59 Å². The van der Waals surface area contributed by atoms with Gasteiger partial charge in [-0.2, -0.15) is 0 Å². The second-order valence-electron chi connectivity index (χ2n) is 10.2. The van der Waals surface area contributed by atoms with Crippen LogP contribution in [0.15, 0.2) is 0 Å². The molecule has 6 unspecified atom stereocenters. The molecule has 162 valence electrons. The molecule has 2 rings (SSSR count). The minimum Gasteiger partial charge on any atom is -0.462 e. The van der Waals surface area contributed by atoms with Gasteiger partial charge in [-0.1, -0.05) is 48.0 Å². The Bertz CT molecular complexity index is 513. The summed E-state index contributed by atoms with van der Waals surface area (Å²) >= 11 is 0. The van der Waals surface area contributed by atoms with E-state index in [2.05, 4.69) is 41.5 Å². The molecule has 0 aromatic carbocycles. The standard InChI is InChI=1S/C24H42O4/c1-15(2)19-9-8-18(6)21(14-19)27-23(25)11-12-24(26)28-22-13-17(5)7-10-20(22)16(3)4/h15-22H,7-14H2,1-6H3. The van der Waals surface area contributed by atoms with Crippen LogP contribution in [0.3, 0.4) is 0 Å². The van der Waals surface area contributed by atoms with Crippen molar-refractivity contribution < 1.29 is 19.1 Å². The lowest BCUT2D eigenvalue weighted by Gasteiger charge is -2.36. The summed E-state index contributed by atoms with van der Waals surface area (Å²) in [6, 6.07) is 0. The summed E-state index contributed by atoms with van der Waals surface area (Å²) in [5.41, 5.74) is 0. The first-order valence-corrected chi connectivity index (χ1v) is 11.6. The van der Waals surface area contributed by atoms with Crippen molar-refractivity contribution in [2.45, 2.75) is 105 Å². The molecule has 0 saturated heterocycles. The van der Waals surface area contributed by atoms with E-state index in [1.165, 1.54) is 12.8 Å². The fraction of sp³-hybridized carbons (Fsp3) is 0.917. The molecule has 0 bridgehead atoms. The van der Waals surface area contributed by atoms with E-state index < -0.39 is 0 Å². The molecule has 2 saturated carbocycles. The summed E-state index contributed by atoms with van der Waals surface area (Å²) in [4.78, 5) is 24.7. The average molecular weight is 395 g/mol. The maximum atomic E-state index is 12.4. The molecule has 0 aromatic rings. The molecule has 28 heavy (non-hydrogen) atoms. The SMILES string of the molecule is CC1CCC(C(C)C)C(OC(=O)CCC(=O)OC2CC(C(C)C)CCC2C)C1. The van der Waals surface area contributed by atoms with Crippen molar-refractivity contribution in [3.63, 3.8) is 0 Å². The Labute approximate surface area is 172 Å². The van der Waals surface area contributed by atoms with E-state index in [4.69, 9.17) is 9.47 Å². The van der Waals surface area contributed by atoms with Crippen LogP contribution in [0.25, 0.3) is 0 Å². The lowest BCUT2D eigenvalue weighted by atomic mass is 9.75. The summed E-state index contributed by atoms with van der Waals surface area (Å²) in [7, 11) is 0. The molecule has 0 radical (unpaired) electrons. The summed E-state index contributed by atoms with van der Waals surface area (Å²) in [6.07, 6.45) is 6.80. The van der Waals surface area contributed by atoms with Crippen LogP contribution in [0.4, 0.5) is 0 Å². The highest BCUT2D eigenvalue weighted by Crippen LogP contribution is 2.36. The molecule has 2 aliphatic rings. The second kappa shape index (κ2) is 10.6. The van der Waals surface area contributed by atoms with Crippen LogP contribution in [-0.4, -0.2) is 24.1 Å². The molecular weight excluding hydrogens is 352 g/mol. The van der Waals surface area contributed by atoms with E-state index >= 15 is 0 Å². The third-order valence-corrected chi connectivity index (χ3v) is 7.17. The largest absolute Gasteiger partial charge is 0.462 e. The number of carbonyl (C=O) groups is 2. The van der Waals surface area contributed by atoms with Crippen molar-refractivity contribution in [3.8, 4) is 0 Å². The molecule has 2 fully saturated rings. The Balaban J connectivity index is 1.77. The number of hydrogen-bond acceptors (Lipinski definition) is 4. The van der Waals surface area contributed by atoms with Crippen molar-refractivity contribution in [1.29, 1.82) is 0 Å². The number of ether oxygens (including phenoxy) is 2. The predicted molar refractivity (Wildman–Crippen MR) is 112 cm³/mol. The van der Waals surface area contributed by atoms with Crippen LogP contribution < -0.4 is 0 Å². The molecule has 2 aliphatic carbocycles. The van der Waals surface area contributed by atoms with Gasteiger partial charge in [0.2, 0.25) is 0 Å². The van der Waals surface area contributed by atoms with Crippen molar-refractivity contribution in [1.82, 2.24) is 0 Å². The predicted octanol–water partition coefficient (Wildman–Crippen LogP) is 5.77. The summed E-state index contributed by atoms with van der Waals surface area (Å²) < 4.78 is 11.6. The minimum absolute atomic E-state index is 0.00237. The molecular formula is C24H42O4. The first-order valence-electron chi connectivity index (χ1n) is 11.6. The molecule has 0 amide bonds. The molecule has 6 atom stereocenters. The van der Waals surface area contributed by atoms with Crippen LogP contribution in [0.1, 0.15) is 92.9 Å². The second-order valence-corrected chi connectivity index (χ2v) is 10.2. The van der Waals surface area contributed by atoms with Gasteiger partial charge in [-0.05, 0) is 67.6 Å². The van der Waals surface area contributed by atoms with Crippen LogP contribution in [0.2, 0.25) is 0 Å². The fourth-order valence-electron chi connectivity index (χ4n) is 4.99. The van der Waals surface area contributed by atoms with Gasteiger partial charge < -0.3 is 9.47 Å². The van der Waals surface area contributed by atoms with Gasteiger partial charge in [0.15, 0.2) is 0 Å². The normalized spacial score (nSPS) is 33.7. The third kappa shape index (κ3) is 6.77. The van der Waals surface area contributed by atoms with Gasteiger partial charge in [-0.3, -0.25) is 9.59 Å². The third-order valence-electron chi connectivity index (χ3n) is 7.17. The summed E-state index contributed by atoms with van der Waals surface area (Å²) in [6.45, 7) is 13.3. The van der Waals surface area contributed by atoms with Crippen molar-refractivity contribution in [2.75, 3.05) is 0 Å². The Morgan fingerprint density at radius 2 is 1.39 bits per heavy atom. The van der Waals surface area contributed by atoms with Crippen molar-refractivity contribution in [3.05, 3.63) is 0 Å². The van der Waals surface area contributed by atoms with Crippen LogP contribution in [0.5, 0.6) is 0 Å². The zero-order chi connectivity index (χ0) is 20.8. The quantitative estimate of drug-likeness (QED) is 0.514. The molecule has 4 nitrogen and oxygen atoms in total. The van der Waals surface area contributed by atoms with Gasteiger partial charge >= 0.3 is 11.9 Å². The van der Waals surface area contributed by atoms with Crippen LogP contribution in [-0.2, 0) is 19.1 Å². The zero-order valence-electron chi connectivity index (χ0n) is 18.9. The van der Waals surface area contributed by atoms with Gasteiger partial charge in [0, 0.05) is 0 Å².